The van der Waals surface area contributed by atoms with Gasteiger partial charge in [-0.3, -0.25) is 10.3 Å². The minimum absolute atomic E-state index is 0.0919. The molecular formula is C25H35N7O6. The van der Waals surface area contributed by atoms with E-state index in [4.69, 9.17) is 18.8 Å². The fourth-order valence-electron chi connectivity index (χ4n) is 4.11. The molecule has 0 atom stereocenters. The first kappa shape index (κ1) is 27.1. The molecule has 206 valence electrons. The lowest BCUT2D eigenvalue weighted by molar-refractivity contribution is 0.0127. The molecule has 2 amide bonds. The van der Waals surface area contributed by atoms with E-state index in [-0.39, 0.29) is 23.7 Å². The van der Waals surface area contributed by atoms with Gasteiger partial charge in [0.15, 0.2) is 17.3 Å². The molecule has 0 spiro atoms. The second-order valence-corrected chi connectivity index (χ2v) is 11.1. The van der Waals surface area contributed by atoms with Crippen LogP contribution in [0.25, 0.3) is 22.6 Å². The molecule has 0 aromatic carbocycles. The van der Waals surface area contributed by atoms with Crippen molar-refractivity contribution in [3.05, 3.63) is 12.4 Å². The van der Waals surface area contributed by atoms with Crippen LogP contribution in [-0.2, 0) is 16.0 Å². The zero-order chi connectivity index (χ0) is 27.7. The highest BCUT2D eigenvalue weighted by molar-refractivity contribution is 5.90. The second kappa shape index (κ2) is 10.5. The third-order valence-electron chi connectivity index (χ3n) is 5.64. The Labute approximate surface area is 220 Å². The van der Waals surface area contributed by atoms with E-state index in [1.165, 1.54) is 0 Å². The number of pyridine rings is 1. The summed E-state index contributed by atoms with van der Waals surface area (Å²) in [6.07, 6.45) is 3.49. The van der Waals surface area contributed by atoms with E-state index >= 15 is 0 Å². The first-order valence-electron chi connectivity index (χ1n) is 12.7. The molecule has 0 unspecified atom stereocenters. The molecule has 13 nitrogen and oxygen atoms in total. The highest BCUT2D eigenvalue weighted by Gasteiger charge is 2.29. The van der Waals surface area contributed by atoms with Gasteiger partial charge in [-0.25, -0.2) is 19.2 Å². The summed E-state index contributed by atoms with van der Waals surface area (Å²) in [6.45, 7) is 14.4. The lowest BCUT2D eigenvalue weighted by Crippen LogP contribution is -2.44. The predicted molar refractivity (Wildman–Crippen MR) is 138 cm³/mol. The number of hydrogen-bond acceptors (Lipinski definition) is 10. The molecule has 1 fully saturated rings. The number of anilines is 1. The summed E-state index contributed by atoms with van der Waals surface area (Å²) in [5.74, 6) is 1.10. The maximum atomic E-state index is 12.4. The van der Waals surface area contributed by atoms with Gasteiger partial charge in [0.1, 0.15) is 28.3 Å². The molecule has 0 radical (unpaired) electrons. The summed E-state index contributed by atoms with van der Waals surface area (Å²) in [5, 5.41) is 10.4. The fourth-order valence-corrected chi connectivity index (χ4v) is 4.11. The van der Waals surface area contributed by atoms with Crippen molar-refractivity contribution in [3.63, 3.8) is 0 Å². The number of hydrogen-bond donors (Lipinski definition) is 1. The van der Waals surface area contributed by atoms with Gasteiger partial charge in [0, 0.05) is 32.5 Å². The molecule has 13 heteroatoms. The van der Waals surface area contributed by atoms with E-state index in [0.717, 1.165) is 5.52 Å². The SMILES string of the molecule is CCn1c(-c2nonc2NC(=O)OC(C)(C)C)nc2cncc(OC3CCN(C(=O)OC(C)(C)C)CC3)c21. The third kappa shape index (κ3) is 6.32. The van der Waals surface area contributed by atoms with E-state index in [9.17, 15) is 9.59 Å². The van der Waals surface area contributed by atoms with Crippen molar-refractivity contribution in [2.24, 2.45) is 0 Å². The smallest absolute Gasteiger partial charge is 0.413 e. The van der Waals surface area contributed by atoms with E-state index in [1.807, 2.05) is 32.3 Å². The van der Waals surface area contributed by atoms with E-state index in [1.54, 1.807) is 38.1 Å². The topological polar surface area (TPSA) is 147 Å². The molecule has 3 aromatic heterocycles. The number of carbonyl (C=O) groups is 2. The van der Waals surface area contributed by atoms with Crippen LogP contribution in [0.4, 0.5) is 15.4 Å². The van der Waals surface area contributed by atoms with Crippen molar-refractivity contribution in [2.75, 3.05) is 18.4 Å². The summed E-state index contributed by atoms with van der Waals surface area (Å²) in [7, 11) is 0. The highest BCUT2D eigenvalue weighted by Crippen LogP contribution is 2.33. The van der Waals surface area contributed by atoms with Crippen LogP contribution in [-0.4, -0.2) is 72.3 Å². The Kier molecular flexibility index (Phi) is 7.47. The predicted octanol–water partition coefficient (Wildman–Crippen LogP) is 4.63. The number of likely N-dealkylation sites (tertiary alicyclic amines) is 1. The second-order valence-electron chi connectivity index (χ2n) is 11.1. The van der Waals surface area contributed by atoms with E-state index in [2.05, 4.69) is 25.6 Å². The number of rotatable bonds is 5. The van der Waals surface area contributed by atoms with Crippen LogP contribution in [0.2, 0.25) is 0 Å². The van der Waals surface area contributed by atoms with Gasteiger partial charge in [0.05, 0.1) is 12.4 Å². The van der Waals surface area contributed by atoms with Crippen LogP contribution in [0.3, 0.4) is 0 Å². The van der Waals surface area contributed by atoms with Crippen LogP contribution in [0.15, 0.2) is 17.0 Å². The summed E-state index contributed by atoms with van der Waals surface area (Å²) >= 11 is 0. The molecule has 0 aliphatic carbocycles. The lowest BCUT2D eigenvalue weighted by atomic mass is 10.1. The van der Waals surface area contributed by atoms with Crippen LogP contribution in [0.1, 0.15) is 61.3 Å². The maximum Gasteiger partial charge on any atom is 0.413 e. The molecule has 3 aromatic rings. The van der Waals surface area contributed by atoms with Crippen LogP contribution in [0, 0.1) is 0 Å². The Morgan fingerprint density at radius 3 is 2.37 bits per heavy atom. The van der Waals surface area contributed by atoms with E-state index in [0.29, 0.717) is 49.6 Å². The third-order valence-corrected chi connectivity index (χ3v) is 5.64. The van der Waals surface area contributed by atoms with Gasteiger partial charge in [0.2, 0.25) is 5.82 Å². The fraction of sp³-hybridized carbons (Fsp3) is 0.600. The number of ether oxygens (including phenoxy) is 3. The van der Waals surface area contributed by atoms with Gasteiger partial charge in [-0.2, -0.15) is 0 Å². The minimum atomic E-state index is -0.683. The quantitative estimate of drug-likeness (QED) is 0.496. The Hall–Kier alpha value is -3.90. The molecule has 1 aliphatic rings. The van der Waals surface area contributed by atoms with Crippen molar-refractivity contribution < 1.29 is 28.4 Å². The monoisotopic (exact) mass is 529 g/mol. The molecule has 1 N–H and O–H groups in total. The van der Waals surface area contributed by atoms with Crippen LogP contribution in [0.5, 0.6) is 5.75 Å². The summed E-state index contributed by atoms with van der Waals surface area (Å²) in [6, 6.07) is 0. The van der Waals surface area contributed by atoms with Gasteiger partial charge >= 0.3 is 12.2 Å². The zero-order valence-electron chi connectivity index (χ0n) is 22.9. The van der Waals surface area contributed by atoms with Crippen LogP contribution >= 0.6 is 0 Å². The van der Waals surface area contributed by atoms with Gasteiger partial charge in [0.25, 0.3) is 0 Å². The van der Waals surface area contributed by atoms with Gasteiger partial charge < -0.3 is 23.7 Å². The minimum Gasteiger partial charge on any atom is -0.486 e. The van der Waals surface area contributed by atoms with Crippen molar-refractivity contribution >= 4 is 29.0 Å². The number of fused-ring (bicyclic) bond motifs is 1. The van der Waals surface area contributed by atoms with Crippen molar-refractivity contribution in [3.8, 4) is 17.3 Å². The molecule has 0 saturated carbocycles. The van der Waals surface area contributed by atoms with Gasteiger partial charge in [-0.15, -0.1) is 0 Å². The van der Waals surface area contributed by atoms with Crippen LogP contribution < -0.4 is 10.1 Å². The first-order chi connectivity index (χ1) is 17.8. The van der Waals surface area contributed by atoms with E-state index < -0.39 is 17.3 Å². The number of aromatic nitrogens is 5. The number of imidazole rings is 1. The van der Waals surface area contributed by atoms with Crippen molar-refractivity contribution in [1.29, 1.82) is 0 Å². The number of carbonyl (C=O) groups excluding carboxylic acids is 2. The largest absolute Gasteiger partial charge is 0.486 e. The zero-order valence-corrected chi connectivity index (χ0v) is 22.9. The summed E-state index contributed by atoms with van der Waals surface area (Å²) in [4.78, 5) is 35.4. The van der Waals surface area contributed by atoms with Crippen molar-refractivity contribution in [2.45, 2.75) is 85.2 Å². The first-order valence-corrected chi connectivity index (χ1v) is 12.7. The Morgan fingerprint density at radius 2 is 1.74 bits per heavy atom. The maximum absolute atomic E-state index is 12.4. The van der Waals surface area contributed by atoms with Gasteiger partial charge in [-0.05, 0) is 58.8 Å². The molecule has 0 bridgehead atoms. The molecular weight excluding hydrogens is 494 g/mol. The molecule has 1 saturated heterocycles. The molecule has 1 aliphatic heterocycles. The number of nitrogens with zero attached hydrogens (tertiary/aromatic N) is 6. The number of piperidine rings is 1. The summed E-state index contributed by atoms with van der Waals surface area (Å²) in [5.41, 5.74) is 0.364. The Morgan fingerprint density at radius 1 is 1.05 bits per heavy atom. The average molecular weight is 530 g/mol. The number of aryl methyl sites for hydroxylation is 1. The van der Waals surface area contributed by atoms with Gasteiger partial charge in [-0.1, -0.05) is 0 Å². The number of nitrogens with one attached hydrogen (secondary N) is 1. The number of amides is 2. The highest BCUT2D eigenvalue weighted by atomic mass is 16.6. The average Bonchev–Trinajstić information content (AvgIpc) is 3.41. The molecule has 4 heterocycles. The standard InChI is InChI=1S/C25H35N7O6/c1-8-32-19-16(27-21(32)18-20(30-38-29-18)28-22(33)36-24(2,3)4)13-26-14-17(19)35-15-9-11-31(12-10-15)23(34)37-25(5,6)7/h13-15H,8-12H2,1-7H3,(H,28,30,33). The Bertz CT molecular complexity index is 1300. The Balaban J connectivity index is 1.54. The normalized spacial score (nSPS) is 15.0. The molecule has 4 rings (SSSR count). The molecule has 38 heavy (non-hydrogen) atoms. The summed E-state index contributed by atoms with van der Waals surface area (Å²) < 4.78 is 24.0. The van der Waals surface area contributed by atoms with Crippen molar-refractivity contribution in [1.82, 2.24) is 29.7 Å². The lowest BCUT2D eigenvalue weighted by Gasteiger charge is -2.33.